The van der Waals surface area contributed by atoms with Crippen molar-refractivity contribution >= 4 is 5.78 Å². The molecule has 2 aromatic heterocycles. The SMILES string of the molecule is CC(C)Oc1cncc(C(=O)Cn2cc(CN)nn2)c1. The van der Waals surface area contributed by atoms with E-state index in [9.17, 15) is 4.79 Å². The molecule has 0 saturated carbocycles. The van der Waals surface area contributed by atoms with Gasteiger partial charge in [0.2, 0.25) is 0 Å². The van der Waals surface area contributed by atoms with Crippen molar-refractivity contribution in [2.45, 2.75) is 33.0 Å². The number of nitrogens with two attached hydrogens (primary N) is 1. The highest BCUT2D eigenvalue weighted by Gasteiger charge is 2.10. The lowest BCUT2D eigenvalue weighted by molar-refractivity contribution is 0.0965. The summed E-state index contributed by atoms with van der Waals surface area (Å²) in [4.78, 5) is 16.1. The van der Waals surface area contributed by atoms with Gasteiger partial charge in [0.25, 0.3) is 0 Å². The highest BCUT2D eigenvalue weighted by atomic mass is 16.5. The largest absolute Gasteiger partial charge is 0.489 e. The maximum absolute atomic E-state index is 12.1. The predicted molar refractivity (Wildman–Crippen MR) is 72.2 cm³/mol. The third-order valence-electron chi connectivity index (χ3n) is 2.51. The molecular weight excluding hydrogens is 258 g/mol. The molecule has 0 aromatic carbocycles. The number of Topliss-reactive ketones (excluding diaryl/α,β-unsaturated/α-hetero) is 1. The zero-order valence-corrected chi connectivity index (χ0v) is 11.5. The summed E-state index contributed by atoms with van der Waals surface area (Å²) in [6, 6.07) is 1.68. The number of ether oxygens (including phenoxy) is 1. The van der Waals surface area contributed by atoms with Crippen molar-refractivity contribution < 1.29 is 9.53 Å². The van der Waals surface area contributed by atoms with Gasteiger partial charge in [-0.3, -0.25) is 9.78 Å². The number of nitrogens with zero attached hydrogens (tertiary/aromatic N) is 4. The van der Waals surface area contributed by atoms with E-state index < -0.39 is 0 Å². The second-order valence-corrected chi connectivity index (χ2v) is 4.61. The normalized spacial score (nSPS) is 10.8. The van der Waals surface area contributed by atoms with E-state index in [1.54, 1.807) is 18.5 Å². The summed E-state index contributed by atoms with van der Waals surface area (Å²) >= 11 is 0. The molecule has 0 amide bonds. The first-order valence-corrected chi connectivity index (χ1v) is 6.32. The minimum absolute atomic E-state index is 0.0320. The van der Waals surface area contributed by atoms with Gasteiger partial charge in [0.1, 0.15) is 12.3 Å². The second-order valence-electron chi connectivity index (χ2n) is 4.61. The van der Waals surface area contributed by atoms with Crippen LogP contribution < -0.4 is 10.5 Å². The Morgan fingerprint density at radius 3 is 2.90 bits per heavy atom. The Labute approximate surface area is 116 Å². The molecule has 7 nitrogen and oxygen atoms in total. The highest BCUT2D eigenvalue weighted by Crippen LogP contribution is 2.13. The predicted octanol–water partition coefficient (Wildman–Crippen LogP) is 0.802. The van der Waals surface area contributed by atoms with Crippen molar-refractivity contribution in [1.29, 1.82) is 0 Å². The van der Waals surface area contributed by atoms with E-state index in [-0.39, 0.29) is 18.4 Å². The summed E-state index contributed by atoms with van der Waals surface area (Å²) in [6.45, 7) is 4.23. The second kappa shape index (κ2) is 6.25. The van der Waals surface area contributed by atoms with Gasteiger partial charge in [-0.15, -0.1) is 5.10 Å². The Kier molecular flexibility index (Phi) is 4.41. The van der Waals surface area contributed by atoms with Crippen LogP contribution in [0.25, 0.3) is 0 Å². The summed E-state index contributed by atoms with van der Waals surface area (Å²) in [7, 11) is 0. The van der Waals surface area contributed by atoms with Crippen LogP contribution in [-0.4, -0.2) is 31.9 Å². The summed E-state index contributed by atoms with van der Waals surface area (Å²) in [5.74, 6) is 0.465. The maximum Gasteiger partial charge on any atom is 0.186 e. The van der Waals surface area contributed by atoms with E-state index >= 15 is 0 Å². The molecule has 0 aliphatic heterocycles. The van der Waals surface area contributed by atoms with Gasteiger partial charge in [-0.2, -0.15) is 0 Å². The van der Waals surface area contributed by atoms with Gasteiger partial charge in [0.05, 0.1) is 24.2 Å². The molecule has 0 radical (unpaired) electrons. The van der Waals surface area contributed by atoms with Crippen molar-refractivity contribution in [3.63, 3.8) is 0 Å². The van der Waals surface area contributed by atoms with E-state index in [4.69, 9.17) is 10.5 Å². The zero-order chi connectivity index (χ0) is 14.5. The van der Waals surface area contributed by atoms with Crippen LogP contribution in [0.4, 0.5) is 0 Å². The fourth-order valence-electron chi connectivity index (χ4n) is 1.66. The number of hydrogen-bond acceptors (Lipinski definition) is 6. The van der Waals surface area contributed by atoms with Gasteiger partial charge in [0.15, 0.2) is 5.78 Å². The number of ketones is 1. The Bertz CT molecular complexity index is 594. The van der Waals surface area contributed by atoms with Crippen LogP contribution in [0.1, 0.15) is 29.9 Å². The van der Waals surface area contributed by atoms with E-state index in [1.807, 2.05) is 13.8 Å². The Balaban J connectivity index is 2.08. The summed E-state index contributed by atoms with van der Waals surface area (Å²) in [5, 5.41) is 7.67. The molecule has 2 N–H and O–H groups in total. The molecule has 2 heterocycles. The molecule has 20 heavy (non-hydrogen) atoms. The monoisotopic (exact) mass is 275 g/mol. The summed E-state index contributed by atoms with van der Waals surface area (Å²) in [6.07, 6.45) is 4.78. The Morgan fingerprint density at radius 2 is 2.25 bits per heavy atom. The van der Waals surface area contributed by atoms with Crippen LogP contribution in [0.3, 0.4) is 0 Å². The third kappa shape index (κ3) is 3.61. The first-order valence-electron chi connectivity index (χ1n) is 6.32. The average Bonchev–Trinajstić information content (AvgIpc) is 2.86. The van der Waals surface area contributed by atoms with Crippen molar-refractivity contribution in [3.05, 3.63) is 35.9 Å². The van der Waals surface area contributed by atoms with Crippen LogP contribution in [0.15, 0.2) is 24.7 Å². The smallest absolute Gasteiger partial charge is 0.186 e. The lowest BCUT2D eigenvalue weighted by atomic mass is 10.2. The van der Waals surface area contributed by atoms with Crippen molar-refractivity contribution in [2.75, 3.05) is 0 Å². The number of hydrogen-bond donors (Lipinski definition) is 1. The van der Waals surface area contributed by atoms with E-state index in [2.05, 4.69) is 15.3 Å². The quantitative estimate of drug-likeness (QED) is 0.783. The van der Waals surface area contributed by atoms with Crippen molar-refractivity contribution in [1.82, 2.24) is 20.0 Å². The maximum atomic E-state index is 12.1. The molecule has 2 aromatic rings. The van der Waals surface area contributed by atoms with Crippen LogP contribution in [0.2, 0.25) is 0 Å². The first-order chi connectivity index (χ1) is 9.58. The molecule has 0 aliphatic carbocycles. The topological polar surface area (TPSA) is 95.9 Å². The van der Waals surface area contributed by atoms with Crippen LogP contribution >= 0.6 is 0 Å². The van der Waals surface area contributed by atoms with Crippen molar-refractivity contribution in [2.24, 2.45) is 5.73 Å². The number of carbonyl (C=O) groups is 1. The Morgan fingerprint density at radius 1 is 1.45 bits per heavy atom. The van der Waals surface area contributed by atoms with Gasteiger partial charge in [0, 0.05) is 18.3 Å². The fraction of sp³-hybridized carbons (Fsp3) is 0.385. The fourth-order valence-corrected chi connectivity index (χ4v) is 1.66. The van der Waals surface area contributed by atoms with E-state index in [1.165, 1.54) is 10.9 Å². The molecule has 0 atom stereocenters. The number of carbonyl (C=O) groups excluding carboxylic acids is 1. The molecule has 7 heteroatoms. The molecule has 106 valence electrons. The standard InChI is InChI=1S/C13H17N5O2/c1-9(2)20-12-3-10(5-15-6-12)13(19)8-18-7-11(4-14)16-17-18/h3,5-7,9H,4,8,14H2,1-2H3. The average molecular weight is 275 g/mol. The van der Waals surface area contributed by atoms with Gasteiger partial charge in [-0.25, -0.2) is 4.68 Å². The van der Waals surface area contributed by atoms with Gasteiger partial charge < -0.3 is 10.5 Å². The lowest BCUT2D eigenvalue weighted by Gasteiger charge is -2.09. The lowest BCUT2D eigenvalue weighted by Crippen LogP contribution is -2.12. The molecular formula is C13H17N5O2. The van der Waals surface area contributed by atoms with Crippen molar-refractivity contribution in [3.8, 4) is 5.75 Å². The Hall–Kier alpha value is -2.28. The molecule has 0 fully saturated rings. The summed E-state index contributed by atoms with van der Waals surface area (Å²) < 4.78 is 6.97. The minimum atomic E-state index is -0.111. The highest BCUT2D eigenvalue weighted by molar-refractivity contribution is 5.95. The third-order valence-corrected chi connectivity index (χ3v) is 2.51. The molecule has 2 rings (SSSR count). The number of rotatable bonds is 6. The van der Waals surface area contributed by atoms with Gasteiger partial charge in [-0.05, 0) is 19.9 Å². The van der Waals surface area contributed by atoms with E-state index in [0.717, 1.165) is 0 Å². The zero-order valence-electron chi connectivity index (χ0n) is 11.5. The van der Waals surface area contributed by atoms with Crippen LogP contribution in [0.5, 0.6) is 5.75 Å². The molecule has 0 saturated heterocycles. The van der Waals surface area contributed by atoms with Crippen LogP contribution in [-0.2, 0) is 13.1 Å². The van der Waals surface area contributed by atoms with Gasteiger partial charge in [-0.1, -0.05) is 5.21 Å². The minimum Gasteiger partial charge on any atom is -0.489 e. The summed E-state index contributed by atoms with van der Waals surface area (Å²) in [5.41, 5.74) is 6.57. The van der Waals surface area contributed by atoms with Gasteiger partial charge >= 0.3 is 0 Å². The number of aromatic nitrogens is 4. The van der Waals surface area contributed by atoms with E-state index in [0.29, 0.717) is 23.6 Å². The first kappa shape index (κ1) is 14.1. The molecule has 0 bridgehead atoms. The number of pyridine rings is 1. The molecule has 0 spiro atoms. The molecule has 0 unspecified atom stereocenters. The molecule has 0 aliphatic rings. The van der Waals surface area contributed by atoms with Crippen LogP contribution in [0, 0.1) is 0 Å².